The maximum Gasteiger partial charge on any atom is 0.495 e. The van der Waals surface area contributed by atoms with E-state index in [1.807, 2.05) is 57.7 Å². The molecule has 0 unspecified atom stereocenters. The summed E-state index contributed by atoms with van der Waals surface area (Å²) < 4.78 is 12.3. The molecule has 2 amide bonds. The first-order valence-electron chi connectivity index (χ1n) is 9.61. The van der Waals surface area contributed by atoms with Gasteiger partial charge in [-0.25, -0.2) is 4.79 Å². The van der Waals surface area contributed by atoms with E-state index in [9.17, 15) is 4.79 Å². The van der Waals surface area contributed by atoms with Gasteiger partial charge in [-0.3, -0.25) is 0 Å². The van der Waals surface area contributed by atoms with Gasteiger partial charge in [0.25, 0.3) is 0 Å². The summed E-state index contributed by atoms with van der Waals surface area (Å²) in [6, 6.07) is 5.89. The maximum absolute atomic E-state index is 12.6. The number of urea groups is 1. The molecule has 0 atom stereocenters. The predicted octanol–water partition coefficient (Wildman–Crippen LogP) is 3.80. The van der Waals surface area contributed by atoms with Gasteiger partial charge in [-0.1, -0.05) is 18.6 Å². The van der Waals surface area contributed by atoms with E-state index in [1.54, 1.807) is 0 Å². The summed E-state index contributed by atoms with van der Waals surface area (Å²) in [4.78, 5) is 14.4. The number of likely N-dealkylation sites (tertiary alicyclic amines) is 1. The van der Waals surface area contributed by atoms with Gasteiger partial charge in [-0.05, 0) is 71.0 Å². The van der Waals surface area contributed by atoms with Crippen molar-refractivity contribution in [2.45, 2.75) is 65.6 Å². The monoisotopic (exact) mass is 360 g/mol. The van der Waals surface area contributed by atoms with Crippen molar-refractivity contribution in [2.24, 2.45) is 5.92 Å². The highest BCUT2D eigenvalue weighted by Crippen LogP contribution is 2.36. The predicted molar refractivity (Wildman–Crippen MR) is 108 cm³/mol. The molecule has 0 aliphatic carbocycles. The molecule has 2 heterocycles. The molecule has 2 aliphatic rings. The SMILES string of the molecule is Cc1ccc(NC(=O)N2CCC(C)CC2)cc1B1OC(C)(C)C(C)(C)O1.[HH]. The van der Waals surface area contributed by atoms with Crippen molar-refractivity contribution in [3.05, 3.63) is 23.8 Å². The van der Waals surface area contributed by atoms with Gasteiger partial charge in [0.05, 0.1) is 11.2 Å². The summed E-state index contributed by atoms with van der Waals surface area (Å²) in [6.07, 6.45) is 2.14. The van der Waals surface area contributed by atoms with Gasteiger partial charge in [-0.2, -0.15) is 0 Å². The van der Waals surface area contributed by atoms with Crippen LogP contribution in [-0.2, 0) is 9.31 Å². The third kappa shape index (κ3) is 3.76. The summed E-state index contributed by atoms with van der Waals surface area (Å²) in [5.41, 5.74) is 2.08. The van der Waals surface area contributed by atoms with Crippen LogP contribution < -0.4 is 10.8 Å². The molecule has 3 rings (SSSR count). The molecule has 144 valence electrons. The Balaban J connectivity index is 0.00000261. The van der Waals surface area contributed by atoms with Crippen LogP contribution in [0.2, 0.25) is 0 Å². The quantitative estimate of drug-likeness (QED) is 0.816. The van der Waals surface area contributed by atoms with Gasteiger partial charge in [0.15, 0.2) is 0 Å². The van der Waals surface area contributed by atoms with Crippen LogP contribution in [0.4, 0.5) is 10.5 Å². The number of nitrogens with one attached hydrogen (secondary N) is 1. The Morgan fingerprint density at radius 1 is 1.19 bits per heavy atom. The number of benzene rings is 1. The zero-order valence-electron chi connectivity index (χ0n) is 16.9. The summed E-state index contributed by atoms with van der Waals surface area (Å²) in [7, 11) is -0.423. The van der Waals surface area contributed by atoms with Crippen molar-refractivity contribution < 1.29 is 15.5 Å². The minimum atomic E-state index is -0.423. The van der Waals surface area contributed by atoms with Gasteiger partial charge < -0.3 is 19.5 Å². The second-order valence-electron chi connectivity index (χ2n) is 8.76. The third-order valence-corrected chi connectivity index (χ3v) is 6.11. The number of carbonyl (C=O) groups excluding carboxylic acids is 1. The van der Waals surface area contributed by atoms with Gasteiger partial charge in [0, 0.05) is 20.2 Å². The summed E-state index contributed by atoms with van der Waals surface area (Å²) in [6.45, 7) is 14.1. The molecule has 5 nitrogen and oxygen atoms in total. The molecule has 1 N–H and O–H groups in total. The van der Waals surface area contributed by atoms with E-state index < -0.39 is 7.12 Å². The molecule has 26 heavy (non-hydrogen) atoms. The number of amides is 2. The zero-order valence-corrected chi connectivity index (χ0v) is 16.9. The molecule has 2 fully saturated rings. The first kappa shape index (κ1) is 19.2. The molecule has 1 aromatic carbocycles. The van der Waals surface area contributed by atoms with Crippen LogP contribution in [0.15, 0.2) is 18.2 Å². The number of piperidine rings is 1. The Morgan fingerprint density at radius 3 is 2.35 bits per heavy atom. The van der Waals surface area contributed by atoms with E-state index in [2.05, 4.69) is 12.2 Å². The lowest BCUT2D eigenvalue weighted by atomic mass is 9.76. The molecular formula is C20H33BN2O3. The van der Waals surface area contributed by atoms with Gasteiger partial charge in [-0.15, -0.1) is 0 Å². The molecule has 0 aromatic heterocycles. The lowest BCUT2D eigenvalue weighted by molar-refractivity contribution is 0.00578. The van der Waals surface area contributed by atoms with Crippen molar-refractivity contribution in [2.75, 3.05) is 18.4 Å². The Labute approximate surface area is 159 Å². The van der Waals surface area contributed by atoms with Crippen LogP contribution in [-0.4, -0.2) is 42.3 Å². The lowest BCUT2D eigenvalue weighted by Gasteiger charge is -2.32. The number of aryl methyl sites for hydroxylation is 1. The fraction of sp³-hybridized carbons (Fsp3) is 0.650. The van der Waals surface area contributed by atoms with Crippen LogP contribution >= 0.6 is 0 Å². The van der Waals surface area contributed by atoms with Crippen LogP contribution in [0.25, 0.3) is 0 Å². The van der Waals surface area contributed by atoms with Crippen LogP contribution in [0.1, 0.15) is 54.5 Å². The molecule has 2 saturated heterocycles. The molecule has 2 aliphatic heterocycles. The number of rotatable bonds is 2. The Hall–Kier alpha value is -1.53. The summed E-state index contributed by atoms with van der Waals surface area (Å²) >= 11 is 0. The first-order valence-corrected chi connectivity index (χ1v) is 9.61. The zero-order chi connectivity index (χ0) is 19.1. The Morgan fingerprint density at radius 2 is 1.77 bits per heavy atom. The average molecular weight is 360 g/mol. The van der Waals surface area contributed by atoms with Crippen LogP contribution in [0.5, 0.6) is 0 Å². The van der Waals surface area contributed by atoms with Crippen molar-refractivity contribution >= 4 is 24.3 Å². The molecule has 6 heteroatoms. The molecule has 0 radical (unpaired) electrons. The number of nitrogens with zero attached hydrogens (tertiary/aromatic N) is 1. The van der Waals surface area contributed by atoms with E-state index in [0.29, 0.717) is 5.92 Å². The van der Waals surface area contributed by atoms with Crippen LogP contribution in [0.3, 0.4) is 0 Å². The fourth-order valence-corrected chi connectivity index (χ4v) is 3.36. The van der Waals surface area contributed by atoms with Gasteiger partial charge in [0.2, 0.25) is 0 Å². The molecule has 0 spiro atoms. The molecule has 0 bridgehead atoms. The molecule has 1 aromatic rings. The van der Waals surface area contributed by atoms with E-state index in [0.717, 1.165) is 42.6 Å². The minimum absolute atomic E-state index is 0. The smallest absolute Gasteiger partial charge is 0.399 e. The third-order valence-electron chi connectivity index (χ3n) is 6.11. The van der Waals surface area contributed by atoms with E-state index >= 15 is 0 Å². The van der Waals surface area contributed by atoms with E-state index in [-0.39, 0.29) is 18.7 Å². The Kier molecular flexibility index (Phi) is 5.10. The average Bonchev–Trinajstić information content (AvgIpc) is 2.77. The number of anilines is 1. The topological polar surface area (TPSA) is 50.8 Å². The van der Waals surface area contributed by atoms with Crippen molar-refractivity contribution in [3.63, 3.8) is 0 Å². The lowest BCUT2D eigenvalue weighted by Crippen LogP contribution is -2.41. The second-order valence-corrected chi connectivity index (χ2v) is 8.76. The van der Waals surface area contributed by atoms with E-state index in [4.69, 9.17) is 9.31 Å². The number of hydrogen-bond donors (Lipinski definition) is 1. The largest absolute Gasteiger partial charge is 0.495 e. The van der Waals surface area contributed by atoms with Gasteiger partial charge >= 0.3 is 13.1 Å². The van der Waals surface area contributed by atoms with Gasteiger partial charge in [0.1, 0.15) is 0 Å². The van der Waals surface area contributed by atoms with Crippen molar-refractivity contribution in [1.29, 1.82) is 0 Å². The highest BCUT2D eigenvalue weighted by atomic mass is 16.7. The number of carbonyl (C=O) groups is 1. The summed E-state index contributed by atoms with van der Waals surface area (Å²) in [5, 5.41) is 3.03. The maximum atomic E-state index is 12.6. The number of hydrogen-bond acceptors (Lipinski definition) is 3. The highest BCUT2D eigenvalue weighted by molar-refractivity contribution is 6.62. The standard InChI is InChI=1S/C20H31BN2O3.H2/c1-14-9-11-23(12-10-14)18(24)22-16-8-7-15(2)17(13-16)21-25-19(3,4)20(5,6)26-21;/h7-8,13-14H,9-12H2,1-6H3,(H,22,24);1H. The normalized spacial score (nSPS) is 22.5. The van der Waals surface area contributed by atoms with E-state index in [1.165, 1.54) is 0 Å². The first-order chi connectivity index (χ1) is 12.1. The highest BCUT2D eigenvalue weighted by Gasteiger charge is 2.52. The fourth-order valence-electron chi connectivity index (χ4n) is 3.36. The van der Waals surface area contributed by atoms with Crippen molar-refractivity contribution in [1.82, 2.24) is 4.90 Å². The molecular weight excluding hydrogens is 327 g/mol. The second kappa shape index (κ2) is 6.89. The van der Waals surface area contributed by atoms with Crippen LogP contribution in [0, 0.1) is 12.8 Å². The minimum Gasteiger partial charge on any atom is -0.399 e. The summed E-state index contributed by atoms with van der Waals surface area (Å²) in [5.74, 6) is 0.702. The Bertz CT molecular complexity index is 672. The molecule has 0 saturated carbocycles. The van der Waals surface area contributed by atoms with Crippen molar-refractivity contribution in [3.8, 4) is 0 Å².